The number of nitrogens with one attached hydrogen (secondary N) is 1. The summed E-state index contributed by atoms with van der Waals surface area (Å²) in [4.78, 5) is 27.0. The third-order valence-corrected chi connectivity index (χ3v) is 4.74. The molecule has 0 bridgehead atoms. The summed E-state index contributed by atoms with van der Waals surface area (Å²) in [6.45, 7) is 5.58. The van der Waals surface area contributed by atoms with E-state index in [0.717, 1.165) is 43.9 Å². The van der Waals surface area contributed by atoms with E-state index in [1.54, 1.807) is 21.0 Å². The molecule has 27 heavy (non-hydrogen) atoms. The molecular formula is C20H27N5O2. The first-order chi connectivity index (χ1) is 12.9. The first-order valence-corrected chi connectivity index (χ1v) is 9.25. The Morgan fingerprint density at radius 1 is 1.19 bits per heavy atom. The van der Waals surface area contributed by atoms with E-state index in [2.05, 4.69) is 26.1 Å². The lowest BCUT2D eigenvalue weighted by atomic mass is 10.1. The van der Waals surface area contributed by atoms with Crippen molar-refractivity contribution in [1.82, 2.24) is 24.9 Å². The van der Waals surface area contributed by atoms with Gasteiger partial charge in [-0.15, -0.1) is 0 Å². The number of aromatic nitrogens is 2. The zero-order valence-corrected chi connectivity index (χ0v) is 16.2. The fraction of sp³-hybridized carbons (Fsp3) is 0.450. The smallest absolute Gasteiger partial charge is 0.317 e. The first-order valence-electron chi connectivity index (χ1n) is 9.25. The van der Waals surface area contributed by atoms with Gasteiger partial charge in [0.15, 0.2) is 5.78 Å². The summed E-state index contributed by atoms with van der Waals surface area (Å²) >= 11 is 0. The second-order valence-corrected chi connectivity index (χ2v) is 7.22. The largest absolute Gasteiger partial charge is 0.332 e. The Balaban J connectivity index is 1.63. The van der Waals surface area contributed by atoms with Gasteiger partial charge in [-0.05, 0) is 25.0 Å². The Labute approximate surface area is 159 Å². The number of nitrogens with zero attached hydrogens (tertiary/aromatic N) is 4. The van der Waals surface area contributed by atoms with Crippen LogP contribution in [0.15, 0.2) is 30.3 Å². The van der Waals surface area contributed by atoms with Gasteiger partial charge in [-0.25, -0.2) is 4.79 Å². The molecule has 0 fully saturated rings. The third-order valence-electron chi connectivity index (χ3n) is 4.74. The molecule has 0 saturated carbocycles. The molecule has 0 saturated heterocycles. The fourth-order valence-corrected chi connectivity index (χ4v) is 3.24. The Bertz CT molecular complexity index is 810. The molecule has 0 atom stereocenters. The minimum Gasteiger partial charge on any atom is -0.332 e. The minimum absolute atomic E-state index is 0.0918. The standard InChI is InChI=1S/C20H27N5O2/c1-15(26)17-7-5-16(6-8-17)13-24-9-4-10-25-19(14-24)11-18(22-25)12-21-20(27)23(2)3/h5-8,11H,4,9-10,12-14H2,1-3H3,(H,21,27). The maximum absolute atomic E-state index is 11.7. The van der Waals surface area contributed by atoms with Crippen LogP contribution in [-0.2, 0) is 26.2 Å². The van der Waals surface area contributed by atoms with Gasteiger partial charge in [-0.3, -0.25) is 14.4 Å². The van der Waals surface area contributed by atoms with Crippen LogP contribution in [0.25, 0.3) is 0 Å². The van der Waals surface area contributed by atoms with E-state index < -0.39 is 0 Å². The molecule has 0 spiro atoms. The van der Waals surface area contributed by atoms with Gasteiger partial charge in [-0.2, -0.15) is 5.10 Å². The van der Waals surface area contributed by atoms with E-state index >= 15 is 0 Å². The quantitative estimate of drug-likeness (QED) is 0.821. The Hall–Kier alpha value is -2.67. The number of ketones is 1. The SMILES string of the molecule is CC(=O)c1ccc(CN2CCCn3nc(CNC(=O)N(C)C)cc3C2)cc1. The van der Waals surface area contributed by atoms with Crippen molar-refractivity contribution in [2.24, 2.45) is 0 Å². The number of hydrogen-bond donors (Lipinski definition) is 1. The molecule has 1 aliphatic heterocycles. The highest BCUT2D eigenvalue weighted by Crippen LogP contribution is 2.17. The van der Waals surface area contributed by atoms with E-state index in [1.165, 1.54) is 16.2 Å². The van der Waals surface area contributed by atoms with Gasteiger partial charge in [0, 0.05) is 45.8 Å². The lowest BCUT2D eigenvalue weighted by Gasteiger charge is -2.19. The van der Waals surface area contributed by atoms with Gasteiger partial charge in [0.1, 0.15) is 0 Å². The summed E-state index contributed by atoms with van der Waals surface area (Å²) in [6.07, 6.45) is 1.03. The van der Waals surface area contributed by atoms with Crippen LogP contribution in [0.2, 0.25) is 0 Å². The molecule has 1 N–H and O–H groups in total. The van der Waals surface area contributed by atoms with Gasteiger partial charge < -0.3 is 10.2 Å². The summed E-state index contributed by atoms with van der Waals surface area (Å²) in [5.41, 5.74) is 4.00. The molecular weight excluding hydrogens is 342 g/mol. The van der Waals surface area contributed by atoms with Gasteiger partial charge in [0.25, 0.3) is 0 Å². The predicted octanol–water partition coefficient (Wildman–Crippen LogP) is 2.26. The van der Waals surface area contributed by atoms with Crippen LogP contribution in [0.4, 0.5) is 4.79 Å². The van der Waals surface area contributed by atoms with Crippen molar-refractivity contribution in [3.63, 3.8) is 0 Å². The highest BCUT2D eigenvalue weighted by Gasteiger charge is 2.17. The molecule has 1 aliphatic rings. The molecule has 0 radical (unpaired) electrons. The van der Waals surface area contributed by atoms with Crippen molar-refractivity contribution in [2.45, 2.75) is 39.5 Å². The Kier molecular flexibility index (Phi) is 5.91. The normalized spacial score (nSPS) is 14.3. The average Bonchev–Trinajstić information content (AvgIpc) is 2.92. The fourth-order valence-electron chi connectivity index (χ4n) is 3.24. The monoisotopic (exact) mass is 369 g/mol. The molecule has 7 nitrogen and oxygen atoms in total. The zero-order valence-electron chi connectivity index (χ0n) is 16.2. The van der Waals surface area contributed by atoms with Crippen LogP contribution in [-0.4, -0.2) is 52.0 Å². The topological polar surface area (TPSA) is 70.5 Å². The van der Waals surface area contributed by atoms with E-state index in [9.17, 15) is 9.59 Å². The predicted molar refractivity (Wildman–Crippen MR) is 103 cm³/mol. The first kappa shape index (κ1) is 19.1. The molecule has 2 heterocycles. The van der Waals surface area contributed by atoms with E-state index in [4.69, 9.17) is 0 Å². The number of Topliss-reactive ketones (excluding diaryl/α,β-unsaturated/α-hetero) is 1. The third kappa shape index (κ3) is 4.95. The number of hydrogen-bond acceptors (Lipinski definition) is 4. The Morgan fingerprint density at radius 3 is 2.59 bits per heavy atom. The number of carbonyl (C=O) groups excluding carboxylic acids is 2. The zero-order chi connectivity index (χ0) is 19.4. The summed E-state index contributed by atoms with van der Waals surface area (Å²) in [5, 5.41) is 7.49. The van der Waals surface area contributed by atoms with E-state index in [-0.39, 0.29) is 11.8 Å². The number of fused-ring (bicyclic) bond motifs is 1. The van der Waals surface area contributed by atoms with Crippen LogP contribution in [0, 0.1) is 0 Å². The van der Waals surface area contributed by atoms with Crippen molar-refractivity contribution in [3.8, 4) is 0 Å². The molecule has 2 amide bonds. The molecule has 0 aliphatic carbocycles. The van der Waals surface area contributed by atoms with Gasteiger partial charge >= 0.3 is 6.03 Å². The molecule has 2 aromatic rings. The van der Waals surface area contributed by atoms with Crippen molar-refractivity contribution < 1.29 is 9.59 Å². The highest BCUT2D eigenvalue weighted by molar-refractivity contribution is 5.94. The Morgan fingerprint density at radius 2 is 1.93 bits per heavy atom. The van der Waals surface area contributed by atoms with Crippen LogP contribution in [0.5, 0.6) is 0 Å². The van der Waals surface area contributed by atoms with Crippen molar-refractivity contribution in [2.75, 3.05) is 20.6 Å². The minimum atomic E-state index is -0.117. The number of amides is 2. The molecule has 3 rings (SSSR count). The number of benzene rings is 1. The maximum atomic E-state index is 11.7. The number of rotatable bonds is 5. The molecule has 7 heteroatoms. The van der Waals surface area contributed by atoms with Crippen molar-refractivity contribution >= 4 is 11.8 Å². The average molecular weight is 369 g/mol. The molecule has 1 aromatic heterocycles. The van der Waals surface area contributed by atoms with Crippen LogP contribution >= 0.6 is 0 Å². The summed E-state index contributed by atoms with van der Waals surface area (Å²) in [7, 11) is 3.44. The second-order valence-electron chi connectivity index (χ2n) is 7.22. The van der Waals surface area contributed by atoms with E-state index in [1.807, 2.05) is 24.3 Å². The lowest BCUT2D eigenvalue weighted by Crippen LogP contribution is -2.34. The molecule has 0 unspecified atom stereocenters. The van der Waals surface area contributed by atoms with Gasteiger partial charge in [0.2, 0.25) is 0 Å². The number of carbonyl (C=O) groups is 2. The van der Waals surface area contributed by atoms with Crippen molar-refractivity contribution in [1.29, 1.82) is 0 Å². The van der Waals surface area contributed by atoms with E-state index in [0.29, 0.717) is 6.54 Å². The van der Waals surface area contributed by atoms with Gasteiger partial charge in [0.05, 0.1) is 17.9 Å². The lowest BCUT2D eigenvalue weighted by molar-refractivity contribution is 0.101. The van der Waals surface area contributed by atoms with Gasteiger partial charge in [-0.1, -0.05) is 24.3 Å². The highest BCUT2D eigenvalue weighted by atomic mass is 16.2. The van der Waals surface area contributed by atoms with Crippen molar-refractivity contribution in [3.05, 3.63) is 52.8 Å². The number of aryl methyl sites for hydroxylation is 1. The van der Waals surface area contributed by atoms with Crippen LogP contribution in [0.1, 0.15) is 40.7 Å². The molecule has 144 valence electrons. The summed E-state index contributed by atoms with van der Waals surface area (Å²) in [5.74, 6) is 0.0918. The summed E-state index contributed by atoms with van der Waals surface area (Å²) in [6, 6.07) is 9.81. The van der Waals surface area contributed by atoms with Crippen LogP contribution < -0.4 is 5.32 Å². The van der Waals surface area contributed by atoms with Crippen LogP contribution in [0.3, 0.4) is 0 Å². The number of urea groups is 1. The maximum Gasteiger partial charge on any atom is 0.317 e. The molecule has 1 aromatic carbocycles. The second kappa shape index (κ2) is 8.35. The summed E-state index contributed by atoms with van der Waals surface area (Å²) < 4.78 is 2.05.